The van der Waals surface area contributed by atoms with E-state index in [2.05, 4.69) is 21.3 Å². The zero-order chi connectivity index (χ0) is 30.8. The SMILES string of the molecule is CC(C)(C)OC(=O)NCC(=O)CCCCCCCNC(=O)CCCCCCC(=O)CCCCC1SCC2NC(=O)NC21. The standard InChI is InChI=1S/C31H54N4O6S/c1-31(2,3)41-30(40)33-21-24(37)17-10-5-4-8-14-20-32-27(38)19-11-7-6-9-15-23(36)16-12-13-18-26-28-25(22-42-26)34-29(39)35-28/h25-26,28H,4-22H2,1-3H3,(H,32,38)(H,33,40)(H2,34,35,39). The average Bonchev–Trinajstić information content (AvgIpc) is 3.47. The molecular formula is C31H54N4O6S. The predicted octanol–water partition coefficient (Wildman–Crippen LogP) is 5.17. The Hall–Kier alpha value is -2.30. The summed E-state index contributed by atoms with van der Waals surface area (Å²) in [5.74, 6) is 1.40. The van der Waals surface area contributed by atoms with Gasteiger partial charge in [0, 0.05) is 43.2 Å². The van der Waals surface area contributed by atoms with Crippen LogP contribution >= 0.6 is 11.8 Å². The van der Waals surface area contributed by atoms with E-state index in [0.29, 0.717) is 43.3 Å². The van der Waals surface area contributed by atoms with Gasteiger partial charge in [-0.05, 0) is 59.3 Å². The average molecular weight is 611 g/mol. The number of hydrogen-bond acceptors (Lipinski definition) is 7. The minimum Gasteiger partial charge on any atom is -0.444 e. The Morgan fingerprint density at radius 1 is 0.786 bits per heavy atom. The fourth-order valence-corrected chi connectivity index (χ4v) is 6.81. The van der Waals surface area contributed by atoms with E-state index in [9.17, 15) is 24.0 Å². The molecular weight excluding hydrogens is 556 g/mol. The summed E-state index contributed by atoms with van der Waals surface area (Å²) < 4.78 is 5.11. The number of alkyl carbamates (subject to hydrolysis) is 1. The normalized spacial score (nSPS) is 19.5. The van der Waals surface area contributed by atoms with Gasteiger partial charge in [0.25, 0.3) is 0 Å². The Morgan fingerprint density at radius 3 is 2.07 bits per heavy atom. The van der Waals surface area contributed by atoms with Crippen LogP contribution in [0.25, 0.3) is 0 Å². The zero-order valence-corrected chi connectivity index (χ0v) is 26.8. The molecule has 240 valence electrons. The topological polar surface area (TPSA) is 143 Å². The van der Waals surface area contributed by atoms with Crippen molar-refractivity contribution in [3.63, 3.8) is 0 Å². The van der Waals surface area contributed by atoms with Gasteiger partial charge < -0.3 is 26.0 Å². The summed E-state index contributed by atoms with van der Waals surface area (Å²) in [6.07, 6.45) is 13.1. The van der Waals surface area contributed by atoms with Gasteiger partial charge in [-0.25, -0.2) is 9.59 Å². The molecule has 0 spiro atoms. The van der Waals surface area contributed by atoms with Crippen molar-refractivity contribution in [1.29, 1.82) is 0 Å². The van der Waals surface area contributed by atoms with Crippen molar-refractivity contribution >= 4 is 41.4 Å². The second-order valence-electron chi connectivity index (χ2n) is 12.6. The van der Waals surface area contributed by atoms with Gasteiger partial charge in [-0.2, -0.15) is 11.8 Å². The third kappa shape index (κ3) is 16.4. The molecule has 11 heteroatoms. The number of hydrogen-bond donors (Lipinski definition) is 4. The summed E-state index contributed by atoms with van der Waals surface area (Å²) in [7, 11) is 0. The summed E-state index contributed by atoms with van der Waals surface area (Å²) in [6.45, 7) is 6.02. The number of unbranched alkanes of at least 4 members (excludes halogenated alkanes) is 8. The summed E-state index contributed by atoms with van der Waals surface area (Å²) >= 11 is 1.92. The molecule has 0 aliphatic carbocycles. The van der Waals surface area contributed by atoms with E-state index in [-0.39, 0.29) is 36.3 Å². The number of ether oxygens (including phenoxy) is 1. The van der Waals surface area contributed by atoms with Crippen LogP contribution in [0.1, 0.15) is 124 Å². The number of carbonyl (C=O) groups is 5. The highest BCUT2D eigenvalue weighted by Crippen LogP contribution is 2.33. The molecule has 4 amide bonds. The highest BCUT2D eigenvalue weighted by molar-refractivity contribution is 8.00. The maximum Gasteiger partial charge on any atom is 0.408 e. The first-order valence-electron chi connectivity index (χ1n) is 16.0. The van der Waals surface area contributed by atoms with Crippen LogP contribution in [-0.4, -0.2) is 71.4 Å². The number of nitrogens with one attached hydrogen (secondary N) is 4. The minimum atomic E-state index is -0.577. The lowest BCUT2D eigenvalue weighted by Crippen LogP contribution is -2.36. The second-order valence-corrected chi connectivity index (χ2v) is 13.9. The van der Waals surface area contributed by atoms with E-state index >= 15 is 0 Å². The monoisotopic (exact) mass is 610 g/mol. The molecule has 0 radical (unpaired) electrons. The number of amides is 4. The van der Waals surface area contributed by atoms with Crippen LogP contribution in [0.4, 0.5) is 9.59 Å². The van der Waals surface area contributed by atoms with Gasteiger partial charge in [0.15, 0.2) is 5.78 Å². The van der Waals surface area contributed by atoms with Crippen LogP contribution in [0.3, 0.4) is 0 Å². The molecule has 0 aromatic rings. The molecule has 2 aliphatic heterocycles. The molecule has 2 heterocycles. The van der Waals surface area contributed by atoms with Crippen molar-refractivity contribution in [1.82, 2.24) is 21.3 Å². The van der Waals surface area contributed by atoms with Gasteiger partial charge in [-0.3, -0.25) is 14.4 Å². The number of Topliss-reactive ketones (excluding diaryl/α,β-unsaturated/α-hetero) is 2. The quantitative estimate of drug-likeness (QED) is 0.0978. The van der Waals surface area contributed by atoms with E-state index in [4.69, 9.17) is 4.74 Å². The molecule has 2 aliphatic rings. The first-order chi connectivity index (χ1) is 20.0. The summed E-state index contributed by atoms with van der Waals surface area (Å²) in [4.78, 5) is 59.1. The first-order valence-corrected chi connectivity index (χ1v) is 17.0. The third-order valence-electron chi connectivity index (χ3n) is 7.53. The summed E-state index contributed by atoms with van der Waals surface area (Å²) in [6, 6.07) is 0.449. The predicted molar refractivity (Wildman–Crippen MR) is 167 cm³/mol. The smallest absolute Gasteiger partial charge is 0.408 e. The second kappa shape index (κ2) is 19.8. The Labute approximate surface area is 256 Å². The molecule has 2 fully saturated rings. The highest BCUT2D eigenvalue weighted by Gasteiger charge is 2.42. The van der Waals surface area contributed by atoms with Gasteiger partial charge in [-0.15, -0.1) is 0 Å². The van der Waals surface area contributed by atoms with Gasteiger partial charge in [-0.1, -0.05) is 38.5 Å². The van der Waals surface area contributed by atoms with Crippen molar-refractivity contribution in [2.75, 3.05) is 18.8 Å². The largest absolute Gasteiger partial charge is 0.444 e. The number of urea groups is 1. The number of thioether (sulfide) groups is 1. The van der Waals surface area contributed by atoms with Crippen molar-refractivity contribution in [2.45, 2.75) is 146 Å². The van der Waals surface area contributed by atoms with E-state index in [1.54, 1.807) is 20.8 Å². The van der Waals surface area contributed by atoms with Crippen LogP contribution in [0.2, 0.25) is 0 Å². The fraction of sp³-hybridized carbons (Fsp3) is 0.839. The molecule has 3 unspecified atom stereocenters. The van der Waals surface area contributed by atoms with E-state index < -0.39 is 11.7 Å². The van der Waals surface area contributed by atoms with Crippen molar-refractivity contribution in [2.24, 2.45) is 0 Å². The maximum absolute atomic E-state index is 12.2. The van der Waals surface area contributed by atoms with Crippen LogP contribution in [-0.2, 0) is 19.1 Å². The van der Waals surface area contributed by atoms with Crippen LogP contribution < -0.4 is 21.3 Å². The number of carbonyl (C=O) groups excluding carboxylic acids is 5. The number of ketones is 2. The van der Waals surface area contributed by atoms with Gasteiger partial charge >= 0.3 is 12.1 Å². The molecule has 0 bridgehead atoms. The molecule has 2 rings (SSSR count). The van der Waals surface area contributed by atoms with Gasteiger partial charge in [0.1, 0.15) is 11.4 Å². The zero-order valence-electron chi connectivity index (χ0n) is 26.0. The van der Waals surface area contributed by atoms with Crippen LogP contribution in [0.5, 0.6) is 0 Å². The summed E-state index contributed by atoms with van der Waals surface area (Å²) in [5, 5.41) is 11.9. The first kappa shape index (κ1) is 35.9. The fourth-order valence-electron chi connectivity index (χ4n) is 5.26. The molecule has 0 aromatic carbocycles. The minimum absolute atomic E-state index is 0.00239. The highest BCUT2D eigenvalue weighted by atomic mass is 32.2. The van der Waals surface area contributed by atoms with Gasteiger partial charge in [0.05, 0.1) is 18.6 Å². The Kier molecular flexibility index (Phi) is 16.9. The molecule has 10 nitrogen and oxygen atoms in total. The Morgan fingerprint density at radius 2 is 1.38 bits per heavy atom. The molecule has 3 atom stereocenters. The summed E-state index contributed by atoms with van der Waals surface area (Å²) in [5.41, 5.74) is -0.577. The van der Waals surface area contributed by atoms with Crippen molar-refractivity contribution < 1.29 is 28.7 Å². The third-order valence-corrected chi connectivity index (χ3v) is 9.03. The number of fused-ring (bicyclic) bond motifs is 1. The molecule has 4 N–H and O–H groups in total. The lowest BCUT2D eigenvalue weighted by atomic mass is 10.0. The van der Waals surface area contributed by atoms with E-state index in [1.165, 1.54) is 0 Å². The maximum atomic E-state index is 12.2. The van der Waals surface area contributed by atoms with Crippen LogP contribution in [0.15, 0.2) is 0 Å². The number of rotatable bonds is 22. The molecule has 0 aromatic heterocycles. The van der Waals surface area contributed by atoms with Crippen LogP contribution in [0, 0.1) is 0 Å². The van der Waals surface area contributed by atoms with E-state index in [0.717, 1.165) is 82.8 Å². The van der Waals surface area contributed by atoms with Crippen molar-refractivity contribution in [3.05, 3.63) is 0 Å². The van der Waals surface area contributed by atoms with Gasteiger partial charge in [0.2, 0.25) is 5.91 Å². The molecule has 0 saturated carbocycles. The Bertz CT molecular complexity index is 878. The molecule has 42 heavy (non-hydrogen) atoms. The lowest BCUT2D eigenvalue weighted by molar-refractivity contribution is -0.121. The molecule has 2 saturated heterocycles. The lowest BCUT2D eigenvalue weighted by Gasteiger charge is -2.19. The van der Waals surface area contributed by atoms with Crippen molar-refractivity contribution in [3.8, 4) is 0 Å². The Balaban J connectivity index is 1.31. The van der Waals surface area contributed by atoms with E-state index in [1.807, 2.05) is 11.8 Å².